The summed E-state index contributed by atoms with van der Waals surface area (Å²) in [4.78, 5) is 14.3. The van der Waals surface area contributed by atoms with Gasteiger partial charge in [-0.25, -0.2) is 18.1 Å². The molecule has 1 heterocycles. The molecule has 19 heavy (non-hydrogen) atoms. The second-order valence-corrected chi connectivity index (χ2v) is 5.86. The van der Waals surface area contributed by atoms with Crippen molar-refractivity contribution < 1.29 is 13.2 Å². The Hall–Kier alpha value is -1.79. The molecule has 0 spiro atoms. The second-order valence-electron chi connectivity index (χ2n) is 4.14. The van der Waals surface area contributed by atoms with Crippen LogP contribution in [0.4, 0.5) is 0 Å². The monoisotopic (exact) mass is 278 g/mol. The number of pyridine rings is 1. The van der Waals surface area contributed by atoms with E-state index in [4.69, 9.17) is 0 Å². The second kappa shape index (κ2) is 5.46. The van der Waals surface area contributed by atoms with Crippen molar-refractivity contribution in [1.29, 1.82) is 0 Å². The first-order chi connectivity index (χ1) is 9.04. The third kappa shape index (κ3) is 2.97. The molecule has 2 aromatic rings. The van der Waals surface area contributed by atoms with Crippen LogP contribution in [0.3, 0.4) is 0 Å². The molecule has 0 radical (unpaired) electrons. The van der Waals surface area contributed by atoms with E-state index in [0.29, 0.717) is 11.8 Å². The quantitative estimate of drug-likeness (QED) is 0.662. The van der Waals surface area contributed by atoms with Crippen LogP contribution in [0.1, 0.15) is 12.0 Å². The van der Waals surface area contributed by atoms with E-state index >= 15 is 0 Å². The molecule has 1 N–H and O–H groups in total. The van der Waals surface area contributed by atoms with Crippen molar-refractivity contribution in [2.24, 2.45) is 0 Å². The first-order valence-corrected chi connectivity index (χ1v) is 7.32. The Balaban J connectivity index is 2.38. The average Bonchev–Trinajstić information content (AvgIpc) is 2.39. The number of aromatic nitrogens is 1. The zero-order chi connectivity index (χ0) is 13.9. The number of benzene rings is 1. The van der Waals surface area contributed by atoms with Gasteiger partial charge in [-0.3, -0.25) is 0 Å². The minimum Gasteiger partial charge on any atom is -0.303 e. The highest BCUT2D eigenvalue weighted by Crippen LogP contribution is 2.18. The molecule has 1 aromatic heterocycles. The molecule has 100 valence electrons. The van der Waals surface area contributed by atoms with Gasteiger partial charge < -0.3 is 4.79 Å². The number of sulfonamides is 1. The fraction of sp³-hybridized carbons (Fsp3) is 0.231. The Morgan fingerprint density at radius 1 is 1.26 bits per heavy atom. The van der Waals surface area contributed by atoms with Crippen molar-refractivity contribution in [3.05, 3.63) is 35.9 Å². The highest BCUT2D eigenvalue weighted by molar-refractivity contribution is 7.89. The number of nitrogens with zero attached hydrogens (tertiary/aromatic N) is 1. The number of aryl methyl sites for hydroxylation is 1. The van der Waals surface area contributed by atoms with Crippen molar-refractivity contribution in [1.82, 2.24) is 9.71 Å². The maximum absolute atomic E-state index is 11.9. The highest BCUT2D eigenvalue weighted by atomic mass is 32.2. The number of aldehydes is 1. The summed E-state index contributed by atoms with van der Waals surface area (Å²) in [6.07, 6.45) is 0.811. The van der Waals surface area contributed by atoms with Gasteiger partial charge in [0.05, 0.1) is 5.52 Å². The molecule has 0 aliphatic heterocycles. The molecule has 0 saturated heterocycles. The molecule has 0 bridgehead atoms. The maximum Gasteiger partial charge on any atom is 0.258 e. The van der Waals surface area contributed by atoms with Crippen LogP contribution < -0.4 is 4.72 Å². The summed E-state index contributed by atoms with van der Waals surface area (Å²) < 4.78 is 26.2. The maximum atomic E-state index is 11.9. The van der Waals surface area contributed by atoms with Crippen LogP contribution in [0, 0.1) is 6.92 Å². The van der Waals surface area contributed by atoms with Crippen LogP contribution in [0.2, 0.25) is 0 Å². The number of rotatable bonds is 5. The number of carbonyl (C=O) groups is 1. The molecule has 0 saturated carbocycles. The van der Waals surface area contributed by atoms with Crippen LogP contribution >= 0.6 is 0 Å². The fourth-order valence-electron chi connectivity index (χ4n) is 1.77. The lowest BCUT2D eigenvalue weighted by atomic mass is 10.1. The smallest absolute Gasteiger partial charge is 0.258 e. The summed E-state index contributed by atoms with van der Waals surface area (Å²) >= 11 is 0. The van der Waals surface area contributed by atoms with Crippen LogP contribution in [0.5, 0.6) is 0 Å². The van der Waals surface area contributed by atoms with Crippen molar-refractivity contribution in [3.8, 4) is 0 Å². The molecule has 5 nitrogen and oxygen atoms in total. The van der Waals surface area contributed by atoms with Gasteiger partial charge in [0, 0.05) is 18.4 Å². The summed E-state index contributed by atoms with van der Waals surface area (Å²) in [6.45, 7) is 2.03. The van der Waals surface area contributed by atoms with E-state index < -0.39 is 10.0 Å². The van der Waals surface area contributed by atoms with Crippen LogP contribution in [-0.4, -0.2) is 26.2 Å². The van der Waals surface area contributed by atoms with Gasteiger partial charge in [0.25, 0.3) is 10.0 Å². The van der Waals surface area contributed by atoms with E-state index in [1.165, 1.54) is 6.07 Å². The fourth-order valence-corrected chi connectivity index (χ4v) is 2.77. The van der Waals surface area contributed by atoms with E-state index in [-0.39, 0.29) is 18.0 Å². The van der Waals surface area contributed by atoms with Crippen molar-refractivity contribution in [2.45, 2.75) is 18.4 Å². The van der Waals surface area contributed by atoms with Crippen molar-refractivity contribution >= 4 is 27.2 Å². The zero-order valence-electron chi connectivity index (χ0n) is 10.5. The van der Waals surface area contributed by atoms with Crippen molar-refractivity contribution in [3.63, 3.8) is 0 Å². The first-order valence-electron chi connectivity index (χ1n) is 5.84. The van der Waals surface area contributed by atoms with E-state index in [1.807, 2.05) is 19.1 Å². The number of fused-ring (bicyclic) bond motifs is 1. The molecule has 0 aliphatic carbocycles. The number of nitrogens with one attached hydrogen (secondary N) is 1. The SMILES string of the molecule is Cc1cccc2nc(S(=O)(=O)NCCC=O)ccc12. The summed E-state index contributed by atoms with van der Waals surface area (Å²) in [6, 6.07) is 8.76. The first kappa shape index (κ1) is 13.6. The van der Waals surface area contributed by atoms with Gasteiger partial charge in [-0.2, -0.15) is 0 Å². The van der Waals surface area contributed by atoms with Crippen LogP contribution in [0.25, 0.3) is 10.9 Å². The molecule has 0 fully saturated rings. The molecule has 0 unspecified atom stereocenters. The summed E-state index contributed by atoms with van der Waals surface area (Å²) in [5.41, 5.74) is 1.68. The molecule has 2 rings (SSSR count). The van der Waals surface area contributed by atoms with Gasteiger partial charge >= 0.3 is 0 Å². The normalized spacial score (nSPS) is 11.6. The number of hydrogen-bond donors (Lipinski definition) is 1. The molecule has 6 heteroatoms. The Kier molecular flexibility index (Phi) is 3.92. The lowest BCUT2D eigenvalue weighted by Crippen LogP contribution is -2.25. The predicted octanol–water partition coefficient (Wildman–Crippen LogP) is 1.41. The molecular weight excluding hydrogens is 264 g/mol. The van der Waals surface area contributed by atoms with E-state index in [2.05, 4.69) is 9.71 Å². The average molecular weight is 278 g/mol. The Labute approximate surface area is 111 Å². The third-order valence-electron chi connectivity index (χ3n) is 2.75. The van der Waals surface area contributed by atoms with Crippen molar-refractivity contribution in [2.75, 3.05) is 6.54 Å². The standard InChI is InChI=1S/C13H14N2O3S/c1-10-4-2-5-12-11(10)6-7-13(15-12)19(17,18)14-8-3-9-16/h2,4-7,9,14H,3,8H2,1H3. The topological polar surface area (TPSA) is 76.1 Å². The zero-order valence-corrected chi connectivity index (χ0v) is 11.3. The van der Waals surface area contributed by atoms with Crippen LogP contribution in [-0.2, 0) is 14.8 Å². The number of hydrogen-bond acceptors (Lipinski definition) is 4. The molecule has 0 atom stereocenters. The Bertz CT molecular complexity index is 711. The Morgan fingerprint density at radius 2 is 2.05 bits per heavy atom. The van der Waals surface area contributed by atoms with Crippen LogP contribution in [0.15, 0.2) is 35.4 Å². The molecule has 0 aliphatic rings. The lowest BCUT2D eigenvalue weighted by molar-refractivity contribution is -0.107. The Morgan fingerprint density at radius 3 is 2.79 bits per heavy atom. The molecular formula is C13H14N2O3S. The lowest BCUT2D eigenvalue weighted by Gasteiger charge is -2.06. The minimum atomic E-state index is -3.66. The van der Waals surface area contributed by atoms with Gasteiger partial charge in [-0.15, -0.1) is 0 Å². The molecule has 1 aromatic carbocycles. The van der Waals surface area contributed by atoms with Gasteiger partial charge in [0.15, 0.2) is 5.03 Å². The van der Waals surface area contributed by atoms with E-state index in [1.54, 1.807) is 12.1 Å². The van der Waals surface area contributed by atoms with E-state index in [0.717, 1.165) is 10.9 Å². The van der Waals surface area contributed by atoms with Gasteiger partial charge in [-0.1, -0.05) is 12.1 Å². The largest absolute Gasteiger partial charge is 0.303 e. The summed E-state index contributed by atoms with van der Waals surface area (Å²) in [7, 11) is -3.66. The van der Waals surface area contributed by atoms with Gasteiger partial charge in [-0.05, 0) is 30.7 Å². The van der Waals surface area contributed by atoms with Gasteiger partial charge in [0.2, 0.25) is 0 Å². The predicted molar refractivity (Wildman–Crippen MR) is 72.3 cm³/mol. The minimum absolute atomic E-state index is 0.0310. The summed E-state index contributed by atoms with van der Waals surface area (Å²) in [5, 5.41) is 0.894. The van der Waals surface area contributed by atoms with E-state index in [9.17, 15) is 13.2 Å². The third-order valence-corrected chi connectivity index (χ3v) is 4.12. The molecule has 0 amide bonds. The van der Waals surface area contributed by atoms with Gasteiger partial charge in [0.1, 0.15) is 6.29 Å². The number of carbonyl (C=O) groups excluding carboxylic acids is 1. The highest BCUT2D eigenvalue weighted by Gasteiger charge is 2.15. The summed E-state index contributed by atoms with van der Waals surface area (Å²) in [5.74, 6) is 0.